The van der Waals surface area contributed by atoms with Crippen LogP contribution in [0.4, 0.5) is 10.5 Å². The van der Waals surface area contributed by atoms with Crippen molar-refractivity contribution < 1.29 is 9.59 Å². The lowest BCUT2D eigenvalue weighted by molar-refractivity contribution is -0.121. The maximum Gasteiger partial charge on any atom is 0.319 e. The Morgan fingerprint density at radius 1 is 1.05 bits per heavy atom. The second-order valence-electron chi connectivity index (χ2n) is 5.42. The molecule has 2 aromatic rings. The third-order valence-electron chi connectivity index (χ3n) is 3.09. The summed E-state index contributed by atoms with van der Waals surface area (Å²) in [6, 6.07) is 13.5. The lowest BCUT2D eigenvalue weighted by atomic mass is 10.1. The van der Waals surface area contributed by atoms with Crippen LogP contribution in [0.5, 0.6) is 0 Å². The number of anilines is 1. The molecule has 0 atom stereocenters. The van der Waals surface area contributed by atoms with E-state index in [1.165, 1.54) is 0 Å². The van der Waals surface area contributed by atoms with Crippen LogP contribution >= 0.6 is 0 Å². The zero-order valence-corrected chi connectivity index (χ0v) is 12.8. The predicted molar refractivity (Wildman–Crippen MR) is 88.9 cm³/mol. The number of hydrogen-bond donors (Lipinski definition) is 3. The Morgan fingerprint density at radius 3 is 2.50 bits per heavy atom. The maximum atomic E-state index is 11.8. The summed E-state index contributed by atoms with van der Waals surface area (Å²) in [6.45, 7) is 4.10. The second kappa shape index (κ2) is 7.45. The molecule has 0 aliphatic rings. The van der Waals surface area contributed by atoms with Crippen LogP contribution in [0, 0.1) is 0 Å². The first-order valence-corrected chi connectivity index (χ1v) is 7.37. The van der Waals surface area contributed by atoms with Gasteiger partial charge in [0.2, 0.25) is 5.91 Å². The van der Waals surface area contributed by atoms with E-state index in [0.717, 1.165) is 16.5 Å². The van der Waals surface area contributed by atoms with E-state index in [0.29, 0.717) is 6.54 Å². The molecule has 3 N–H and O–H groups in total. The molecule has 0 aromatic heterocycles. The normalized spacial score (nSPS) is 10.5. The minimum atomic E-state index is -0.312. The third kappa shape index (κ3) is 4.77. The fraction of sp³-hybridized carbons (Fsp3) is 0.294. The van der Waals surface area contributed by atoms with E-state index in [1.54, 1.807) is 0 Å². The summed E-state index contributed by atoms with van der Waals surface area (Å²) < 4.78 is 0. The molecule has 0 aliphatic carbocycles. The van der Waals surface area contributed by atoms with Crippen molar-refractivity contribution >= 4 is 28.4 Å². The predicted octanol–water partition coefficient (Wildman–Crippen LogP) is 2.88. The van der Waals surface area contributed by atoms with Crippen molar-refractivity contribution in [3.05, 3.63) is 42.5 Å². The molecule has 0 bridgehead atoms. The quantitative estimate of drug-likeness (QED) is 0.794. The largest absolute Gasteiger partial charge is 0.354 e. The fourth-order valence-corrected chi connectivity index (χ4v) is 2.13. The first kappa shape index (κ1) is 15.8. The average molecular weight is 299 g/mol. The first-order valence-electron chi connectivity index (χ1n) is 7.37. The van der Waals surface area contributed by atoms with Gasteiger partial charge in [0.25, 0.3) is 0 Å². The molecule has 0 fully saturated rings. The number of amides is 3. The maximum absolute atomic E-state index is 11.8. The van der Waals surface area contributed by atoms with E-state index in [9.17, 15) is 9.59 Å². The molecule has 0 saturated carbocycles. The van der Waals surface area contributed by atoms with Gasteiger partial charge in [0, 0.05) is 24.7 Å². The van der Waals surface area contributed by atoms with Crippen molar-refractivity contribution in [2.24, 2.45) is 0 Å². The molecule has 0 saturated heterocycles. The van der Waals surface area contributed by atoms with E-state index in [1.807, 2.05) is 56.3 Å². The molecule has 0 radical (unpaired) electrons. The molecule has 116 valence electrons. The minimum Gasteiger partial charge on any atom is -0.354 e. The van der Waals surface area contributed by atoms with Gasteiger partial charge in [-0.1, -0.05) is 30.3 Å². The number of fused-ring (bicyclic) bond motifs is 1. The van der Waals surface area contributed by atoms with E-state index < -0.39 is 0 Å². The molecule has 2 aromatic carbocycles. The molecule has 2 rings (SSSR count). The molecular weight excluding hydrogens is 278 g/mol. The van der Waals surface area contributed by atoms with Gasteiger partial charge in [-0.15, -0.1) is 0 Å². The first-order chi connectivity index (χ1) is 10.5. The van der Waals surface area contributed by atoms with Crippen LogP contribution in [0.1, 0.15) is 20.3 Å². The molecule has 0 unspecified atom stereocenters. The van der Waals surface area contributed by atoms with Crippen LogP contribution in [0.3, 0.4) is 0 Å². The van der Waals surface area contributed by atoms with Gasteiger partial charge in [-0.25, -0.2) is 4.79 Å². The van der Waals surface area contributed by atoms with Gasteiger partial charge in [-0.3, -0.25) is 4.79 Å². The Hall–Kier alpha value is -2.56. The van der Waals surface area contributed by atoms with Crippen LogP contribution in [-0.2, 0) is 4.79 Å². The van der Waals surface area contributed by atoms with Crippen molar-refractivity contribution in [1.29, 1.82) is 0 Å². The van der Waals surface area contributed by atoms with Gasteiger partial charge in [0.1, 0.15) is 0 Å². The molecule has 0 aliphatic heterocycles. The fourth-order valence-electron chi connectivity index (χ4n) is 2.13. The van der Waals surface area contributed by atoms with Crippen molar-refractivity contribution in [3.63, 3.8) is 0 Å². The van der Waals surface area contributed by atoms with Gasteiger partial charge in [0.15, 0.2) is 0 Å². The van der Waals surface area contributed by atoms with E-state index in [2.05, 4.69) is 16.0 Å². The van der Waals surface area contributed by atoms with Gasteiger partial charge in [-0.2, -0.15) is 0 Å². The highest BCUT2D eigenvalue weighted by Gasteiger charge is 2.05. The highest BCUT2D eigenvalue weighted by atomic mass is 16.2. The molecule has 0 spiro atoms. The Morgan fingerprint density at radius 2 is 1.77 bits per heavy atom. The summed E-state index contributed by atoms with van der Waals surface area (Å²) in [6.07, 6.45) is 0.267. The number of hydrogen-bond acceptors (Lipinski definition) is 2. The number of benzene rings is 2. The van der Waals surface area contributed by atoms with Crippen molar-refractivity contribution in [3.8, 4) is 0 Å². The van der Waals surface area contributed by atoms with Crippen LogP contribution in [0.15, 0.2) is 42.5 Å². The molecule has 5 nitrogen and oxygen atoms in total. The van der Waals surface area contributed by atoms with Gasteiger partial charge >= 0.3 is 6.03 Å². The number of rotatable bonds is 5. The van der Waals surface area contributed by atoms with E-state index >= 15 is 0 Å². The van der Waals surface area contributed by atoms with Crippen LogP contribution in [0.2, 0.25) is 0 Å². The smallest absolute Gasteiger partial charge is 0.319 e. The molecule has 0 heterocycles. The molecule has 5 heteroatoms. The van der Waals surface area contributed by atoms with Crippen LogP contribution in [0.25, 0.3) is 10.8 Å². The SMILES string of the molecule is CC(C)NC(=O)CCNC(=O)Nc1ccc2ccccc2c1. The number of urea groups is 1. The lowest BCUT2D eigenvalue weighted by Crippen LogP contribution is -2.35. The molecule has 22 heavy (non-hydrogen) atoms. The summed E-state index contributed by atoms with van der Waals surface area (Å²) in [5, 5.41) is 10.4. The Labute approximate surface area is 130 Å². The van der Waals surface area contributed by atoms with Gasteiger partial charge < -0.3 is 16.0 Å². The van der Waals surface area contributed by atoms with Gasteiger partial charge in [-0.05, 0) is 36.8 Å². The lowest BCUT2D eigenvalue weighted by Gasteiger charge is -2.10. The second-order valence-corrected chi connectivity index (χ2v) is 5.42. The van der Waals surface area contributed by atoms with Crippen LogP contribution < -0.4 is 16.0 Å². The summed E-state index contributed by atoms with van der Waals surface area (Å²) in [4.78, 5) is 23.3. The summed E-state index contributed by atoms with van der Waals surface area (Å²) in [5.41, 5.74) is 0.725. The number of carbonyl (C=O) groups is 2. The summed E-state index contributed by atoms with van der Waals surface area (Å²) in [5.74, 6) is -0.0685. The Bertz CT molecular complexity index is 668. The number of nitrogens with one attached hydrogen (secondary N) is 3. The number of carbonyl (C=O) groups excluding carboxylic acids is 2. The average Bonchev–Trinajstić information content (AvgIpc) is 2.46. The highest BCUT2D eigenvalue weighted by molar-refractivity contribution is 5.93. The van der Waals surface area contributed by atoms with Crippen molar-refractivity contribution in [2.75, 3.05) is 11.9 Å². The standard InChI is InChI=1S/C17H21N3O2/c1-12(2)19-16(21)9-10-18-17(22)20-15-8-7-13-5-3-4-6-14(13)11-15/h3-8,11-12H,9-10H2,1-2H3,(H,19,21)(H2,18,20,22). The van der Waals surface area contributed by atoms with Gasteiger partial charge in [0.05, 0.1) is 0 Å². The summed E-state index contributed by atoms with van der Waals surface area (Å²) >= 11 is 0. The topological polar surface area (TPSA) is 70.2 Å². The highest BCUT2D eigenvalue weighted by Crippen LogP contribution is 2.18. The Balaban J connectivity index is 1.82. The van der Waals surface area contributed by atoms with Crippen molar-refractivity contribution in [2.45, 2.75) is 26.3 Å². The third-order valence-corrected chi connectivity index (χ3v) is 3.09. The molecule has 3 amide bonds. The monoisotopic (exact) mass is 299 g/mol. The van der Waals surface area contributed by atoms with E-state index in [4.69, 9.17) is 0 Å². The zero-order chi connectivity index (χ0) is 15.9. The van der Waals surface area contributed by atoms with Crippen LogP contribution in [-0.4, -0.2) is 24.5 Å². The molecular formula is C17H21N3O2. The summed E-state index contributed by atoms with van der Waals surface area (Å²) in [7, 11) is 0. The minimum absolute atomic E-state index is 0.0685. The Kier molecular flexibility index (Phi) is 5.36. The zero-order valence-electron chi connectivity index (χ0n) is 12.8. The van der Waals surface area contributed by atoms with Crippen molar-refractivity contribution in [1.82, 2.24) is 10.6 Å². The van der Waals surface area contributed by atoms with E-state index in [-0.39, 0.29) is 24.4 Å².